The largest absolute Gasteiger partial charge is 0.469 e. The minimum Gasteiger partial charge on any atom is -0.469 e. The fourth-order valence-electron chi connectivity index (χ4n) is 2.30. The van der Waals surface area contributed by atoms with Crippen molar-refractivity contribution in [3.05, 3.63) is 35.9 Å². The molecule has 2 atom stereocenters. The number of methoxy groups -OCH3 is 1. The fourth-order valence-corrected chi connectivity index (χ4v) is 3.42. The van der Waals surface area contributed by atoms with Crippen molar-refractivity contribution in [1.29, 1.82) is 0 Å². The molecule has 0 aliphatic rings. The molecular weight excluding hydrogens is 284 g/mol. The molecule has 0 fully saturated rings. The predicted octanol–water partition coefficient (Wildman–Crippen LogP) is 3.45. The normalized spacial score (nSPS) is 13.7. The Balaban J connectivity index is 2.37. The lowest BCUT2D eigenvalue weighted by Gasteiger charge is -2.22. The lowest BCUT2D eigenvalue weighted by Crippen LogP contribution is -2.24. The van der Waals surface area contributed by atoms with Crippen molar-refractivity contribution in [3.63, 3.8) is 0 Å². The molecule has 0 heterocycles. The summed E-state index contributed by atoms with van der Waals surface area (Å²) in [6, 6.07) is 10.2. The van der Waals surface area contributed by atoms with Crippen molar-refractivity contribution >= 4 is 17.7 Å². The number of hydrogen-bond acceptors (Lipinski definition) is 4. The molecule has 0 radical (unpaired) electrons. The number of thioether (sulfide) groups is 1. The van der Waals surface area contributed by atoms with E-state index in [9.17, 15) is 9.90 Å². The summed E-state index contributed by atoms with van der Waals surface area (Å²) in [6.45, 7) is 2.10. The lowest BCUT2D eigenvalue weighted by atomic mass is 10.0. The van der Waals surface area contributed by atoms with Crippen molar-refractivity contribution in [2.75, 3.05) is 12.9 Å². The van der Waals surface area contributed by atoms with Gasteiger partial charge in [0.1, 0.15) is 0 Å². The highest BCUT2D eigenvalue weighted by Crippen LogP contribution is 2.23. The first-order valence-corrected chi connectivity index (χ1v) is 8.62. The molecule has 0 spiro atoms. The van der Waals surface area contributed by atoms with Crippen molar-refractivity contribution < 1.29 is 14.6 Å². The Morgan fingerprint density at radius 1 is 1.29 bits per heavy atom. The van der Waals surface area contributed by atoms with E-state index in [-0.39, 0.29) is 17.3 Å². The van der Waals surface area contributed by atoms with Crippen LogP contribution in [0, 0.1) is 0 Å². The van der Waals surface area contributed by atoms with Crippen LogP contribution in [-0.4, -0.2) is 35.3 Å². The van der Waals surface area contributed by atoms with E-state index in [1.165, 1.54) is 12.7 Å². The highest BCUT2D eigenvalue weighted by atomic mass is 32.2. The molecule has 2 unspecified atom stereocenters. The van der Waals surface area contributed by atoms with Gasteiger partial charge in [-0.2, -0.15) is 11.8 Å². The molecule has 3 nitrogen and oxygen atoms in total. The average molecular weight is 310 g/mol. The molecule has 0 aliphatic heterocycles. The lowest BCUT2D eigenvalue weighted by molar-refractivity contribution is -0.140. The van der Waals surface area contributed by atoms with Crippen molar-refractivity contribution in [2.24, 2.45) is 0 Å². The van der Waals surface area contributed by atoms with E-state index in [0.717, 1.165) is 31.4 Å². The van der Waals surface area contributed by atoms with Gasteiger partial charge in [0.25, 0.3) is 0 Å². The number of benzene rings is 1. The van der Waals surface area contributed by atoms with Gasteiger partial charge in [0, 0.05) is 11.7 Å². The number of carbonyl (C=O) groups excluding carboxylic acids is 1. The molecule has 4 heteroatoms. The number of carbonyl (C=O) groups is 1. The Bertz CT molecular complexity index is 394. The van der Waals surface area contributed by atoms with Gasteiger partial charge in [-0.3, -0.25) is 4.79 Å². The van der Waals surface area contributed by atoms with Crippen LogP contribution >= 0.6 is 11.8 Å². The Labute approximate surface area is 132 Å². The zero-order valence-electron chi connectivity index (χ0n) is 13.0. The van der Waals surface area contributed by atoms with Gasteiger partial charge in [-0.25, -0.2) is 0 Å². The summed E-state index contributed by atoms with van der Waals surface area (Å²) in [7, 11) is 1.41. The van der Waals surface area contributed by atoms with Crippen LogP contribution in [0.1, 0.15) is 38.2 Å². The third-order valence-corrected chi connectivity index (χ3v) is 4.79. The second-order valence-electron chi connectivity index (χ2n) is 5.05. The van der Waals surface area contributed by atoms with Gasteiger partial charge in [0.2, 0.25) is 0 Å². The standard InChI is InChI=1S/C17H26O3S/c1-3-21-16(10-7-11-17(19)20-2)15(18)13-12-14-8-5-4-6-9-14/h4-6,8-9,15-16,18H,3,7,10-13H2,1-2H3. The second kappa shape index (κ2) is 10.7. The summed E-state index contributed by atoms with van der Waals surface area (Å²) in [5.41, 5.74) is 1.26. The van der Waals surface area contributed by atoms with Crippen LogP contribution in [0.15, 0.2) is 30.3 Å². The highest BCUT2D eigenvalue weighted by Gasteiger charge is 2.19. The number of esters is 1. The molecule has 0 saturated carbocycles. The van der Waals surface area contributed by atoms with Crippen molar-refractivity contribution in [1.82, 2.24) is 0 Å². The third-order valence-electron chi connectivity index (χ3n) is 3.48. The number of aryl methyl sites for hydroxylation is 1. The van der Waals surface area contributed by atoms with Crippen LogP contribution < -0.4 is 0 Å². The van der Waals surface area contributed by atoms with Crippen LogP contribution in [0.5, 0.6) is 0 Å². The molecule has 0 amide bonds. The summed E-state index contributed by atoms with van der Waals surface area (Å²) in [5.74, 6) is 0.805. The molecule has 1 rings (SSSR count). The van der Waals surface area contributed by atoms with Crippen LogP contribution in [-0.2, 0) is 16.0 Å². The first-order valence-electron chi connectivity index (χ1n) is 7.57. The van der Waals surface area contributed by atoms with Gasteiger partial charge in [-0.1, -0.05) is 37.3 Å². The van der Waals surface area contributed by atoms with Gasteiger partial charge in [-0.15, -0.1) is 0 Å². The van der Waals surface area contributed by atoms with Gasteiger partial charge in [-0.05, 0) is 37.0 Å². The zero-order valence-corrected chi connectivity index (χ0v) is 13.8. The summed E-state index contributed by atoms with van der Waals surface area (Å²) < 4.78 is 4.65. The van der Waals surface area contributed by atoms with Crippen LogP contribution in [0.2, 0.25) is 0 Å². The summed E-state index contributed by atoms with van der Waals surface area (Å²) in [5, 5.41) is 10.6. The van der Waals surface area contributed by atoms with Gasteiger partial charge in [0.15, 0.2) is 0 Å². The Kier molecular flexibility index (Phi) is 9.19. The van der Waals surface area contributed by atoms with E-state index in [2.05, 4.69) is 23.8 Å². The fraction of sp³-hybridized carbons (Fsp3) is 0.588. The molecule has 0 bridgehead atoms. The highest BCUT2D eigenvalue weighted by molar-refractivity contribution is 7.99. The molecule has 1 aromatic carbocycles. The van der Waals surface area contributed by atoms with E-state index in [1.807, 2.05) is 18.2 Å². The number of rotatable bonds is 10. The Morgan fingerprint density at radius 3 is 2.62 bits per heavy atom. The molecule has 0 aromatic heterocycles. The van der Waals surface area contributed by atoms with Gasteiger partial charge >= 0.3 is 5.97 Å². The SMILES string of the molecule is CCSC(CCCC(=O)OC)C(O)CCc1ccccc1. The van der Waals surface area contributed by atoms with Gasteiger partial charge < -0.3 is 9.84 Å². The Morgan fingerprint density at radius 2 is 2.00 bits per heavy atom. The van der Waals surface area contributed by atoms with E-state index in [4.69, 9.17) is 0 Å². The minimum atomic E-state index is -0.326. The summed E-state index contributed by atoms with van der Waals surface area (Å²) >= 11 is 1.78. The number of aliphatic hydroxyl groups is 1. The Hall–Kier alpha value is -1.00. The number of aliphatic hydroxyl groups excluding tert-OH is 1. The topological polar surface area (TPSA) is 46.5 Å². The summed E-state index contributed by atoms with van der Waals surface area (Å²) in [6.07, 6.45) is 3.38. The number of hydrogen-bond donors (Lipinski definition) is 1. The van der Waals surface area contributed by atoms with E-state index >= 15 is 0 Å². The maximum absolute atomic E-state index is 11.1. The van der Waals surface area contributed by atoms with E-state index in [0.29, 0.717) is 6.42 Å². The quantitative estimate of drug-likeness (QED) is 0.672. The van der Waals surface area contributed by atoms with Crippen LogP contribution in [0.25, 0.3) is 0 Å². The predicted molar refractivity (Wildman–Crippen MR) is 88.6 cm³/mol. The molecule has 0 aliphatic carbocycles. The summed E-state index contributed by atoms with van der Waals surface area (Å²) in [4.78, 5) is 11.1. The van der Waals surface area contributed by atoms with Gasteiger partial charge in [0.05, 0.1) is 13.2 Å². The van der Waals surface area contributed by atoms with E-state index in [1.54, 1.807) is 11.8 Å². The molecule has 21 heavy (non-hydrogen) atoms. The molecular formula is C17H26O3S. The first kappa shape index (κ1) is 18.1. The maximum atomic E-state index is 11.1. The molecule has 1 aromatic rings. The zero-order chi connectivity index (χ0) is 15.5. The van der Waals surface area contributed by atoms with E-state index < -0.39 is 0 Å². The maximum Gasteiger partial charge on any atom is 0.305 e. The third kappa shape index (κ3) is 7.53. The van der Waals surface area contributed by atoms with Crippen molar-refractivity contribution in [3.8, 4) is 0 Å². The number of ether oxygens (including phenoxy) is 1. The second-order valence-corrected chi connectivity index (χ2v) is 6.57. The minimum absolute atomic E-state index is 0.172. The molecule has 1 N–H and O–H groups in total. The average Bonchev–Trinajstić information content (AvgIpc) is 2.52. The van der Waals surface area contributed by atoms with Crippen molar-refractivity contribution in [2.45, 2.75) is 50.4 Å². The molecule has 0 saturated heterocycles. The molecule has 118 valence electrons. The van der Waals surface area contributed by atoms with Crippen LogP contribution in [0.3, 0.4) is 0 Å². The monoisotopic (exact) mass is 310 g/mol. The smallest absolute Gasteiger partial charge is 0.305 e. The van der Waals surface area contributed by atoms with Crippen LogP contribution in [0.4, 0.5) is 0 Å². The first-order chi connectivity index (χ1) is 10.2.